The Labute approximate surface area is 106 Å². The molecular formula is C11H11BrF2N2O. The largest absolute Gasteiger partial charge is 0.347 e. The number of nitrogens with one attached hydrogen (secondary N) is 1. The molecule has 1 heterocycles. The topological polar surface area (TPSA) is 42.0 Å². The Morgan fingerprint density at radius 1 is 1.59 bits per heavy atom. The molecule has 0 spiro atoms. The number of hydrogen-bond donors (Lipinski definition) is 1. The van der Waals surface area contributed by atoms with Crippen molar-refractivity contribution in [1.29, 1.82) is 0 Å². The van der Waals surface area contributed by atoms with Crippen LogP contribution in [-0.4, -0.2) is 22.9 Å². The normalized spacial score (nSPS) is 18.6. The Morgan fingerprint density at radius 3 is 2.76 bits per heavy atom. The van der Waals surface area contributed by atoms with E-state index in [4.69, 9.17) is 0 Å². The minimum Gasteiger partial charge on any atom is -0.347 e. The van der Waals surface area contributed by atoms with Crippen LogP contribution in [0.5, 0.6) is 0 Å². The van der Waals surface area contributed by atoms with Crippen molar-refractivity contribution in [3.63, 3.8) is 0 Å². The minimum absolute atomic E-state index is 0.228. The molecule has 2 rings (SSSR count). The third-order valence-electron chi connectivity index (χ3n) is 2.62. The van der Waals surface area contributed by atoms with Gasteiger partial charge in [-0.05, 0) is 34.5 Å². The zero-order chi connectivity index (χ0) is 12.6. The molecule has 0 aromatic carbocycles. The average Bonchev–Trinajstić information content (AvgIpc) is 2.14. The summed E-state index contributed by atoms with van der Waals surface area (Å²) in [6.45, 7) is 1.85. The van der Waals surface area contributed by atoms with Crippen molar-refractivity contribution in [2.75, 3.05) is 0 Å². The van der Waals surface area contributed by atoms with Gasteiger partial charge in [0.15, 0.2) is 0 Å². The summed E-state index contributed by atoms with van der Waals surface area (Å²) in [5.41, 5.74) is 1.15. The van der Waals surface area contributed by atoms with Gasteiger partial charge >= 0.3 is 0 Å². The Hall–Kier alpha value is -1.04. The van der Waals surface area contributed by atoms with E-state index in [1.807, 2.05) is 6.92 Å². The lowest BCUT2D eigenvalue weighted by atomic mass is 9.88. The molecular weight excluding hydrogens is 294 g/mol. The molecule has 1 amide bonds. The van der Waals surface area contributed by atoms with E-state index in [1.54, 1.807) is 12.3 Å². The number of pyridine rings is 1. The van der Waals surface area contributed by atoms with E-state index in [-0.39, 0.29) is 18.5 Å². The molecule has 1 fully saturated rings. The fourth-order valence-electron chi connectivity index (χ4n) is 1.72. The van der Waals surface area contributed by atoms with Crippen molar-refractivity contribution < 1.29 is 13.6 Å². The number of halogens is 3. The second-order valence-electron chi connectivity index (χ2n) is 4.28. The fraction of sp³-hybridized carbons (Fsp3) is 0.455. The van der Waals surface area contributed by atoms with Gasteiger partial charge in [-0.15, -0.1) is 0 Å². The molecule has 92 valence electrons. The number of amides is 1. The lowest BCUT2D eigenvalue weighted by Crippen LogP contribution is -2.50. The number of alkyl halides is 2. The van der Waals surface area contributed by atoms with Gasteiger partial charge in [-0.1, -0.05) is 0 Å². The first-order valence-corrected chi connectivity index (χ1v) is 5.97. The molecule has 0 aliphatic heterocycles. The summed E-state index contributed by atoms with van der Waals surface area (Å²) in [6.07, 6.45) is 0.986. The molecule has 1 aromatic rings. The van der Waals surface area contributed by atoms with E-state index in [0.717, 1.165) is 5.56 Å². The average molecular weight is 305 g/mol. The smallest absolute Gasteiger partial charge is 0.271 e. The first-order chi connectivity index (χ1) is 7.87. The van der Waals surface area contributed by atoms with Gasteiger partial charge in [0.2, 0.25) is 0 Å². The van der Waals surface area contributed by atoms with E-state index in [2.05, 4.69) is 26.2 Å². The zero-order valence-corrected chi connectivity index (χ0v) is 10.7. The number of hydrogen-bond acceptors (Lipinski definition) is 2. The second kappa shape index (κ2) is 4.33. The Balaban J connectivity index is 2.01. The summed E-state index contributed by atoms with van der Waals surface area (Å²) < 4.78 is 25.8. The van der Waals surface area contributed by atoms with Crippen LogP contribution in [0.3, 0.4) is 0 Å². The standard InChI is InChI=1S/C11H11BrF2N2O/c1-6-2-8(12)9(15-5-6)10(17)16-7-3-11(13,14)4-7/h2,5,7H,3-4H2,1H3,(H,16,17). The van der Waals surface area contributed by atoms with Crippen molar-refractivity contribution in [3.8, 4) is 0 Å². The van der Waals surface area contributed by atoms with Crippen LogP contribution in [-0.2, 0) is 0 Å². The molecule has 1 aliphatic carbocycles. The van der Waals surface area contributed by atoms with Crippen molar-refractivity contribution in [1.82, 2.24) is 10.3 Å². The second-order valence-corrected chi connectivity index (χ2v) is 5.13. The van der Waals surface area contributed by atoms with Crippen molar-refractivity contribution in [3.05, 3.63) is 28.0 Å². The molecule has 3 nitrogen and oxygen atoms in total. The molecule has 0 bridgehead atoms. The molecule has 1 saturated carbocycles. The highest BCUT2D eigenvalue weighted by Gasteiger charge is 2.46. The van der Waals surface area contributed by atoms with Crippen LogP contribution in [0.4, 0.5) is 8.78 Å². The highest BCUT2D eigenvalue weighted by atomic mass is 79.9. The van der Waals surface area contributed by atoms with E-state index < -0.39 is 17.9 Å². The summed E-state index contributed by atoms with van der Waals surface area (Å²) in [6, 6.07) is 1.31. The fourth-order valence-corrected chi connectivity index (χ4v) is 2.36. The highest BCUT2D eigenvalue weighted by molar-refractivity contribution is 9.10. The van der Waals surface area contributed by atoms with Gasteiger partial charge in [0.25, 0.3) is 11.8 Å². The molecule has 0 unspecified atom stereocenters. The molecule has 6 heteroatoms. The Kier molecular flexibility index (Phi) is 3.16. The van der Waals surface area contributed by atoms with E-state index >= 15 is 0 Å². The maximum Gasteiger partial charge on any atom is 0.271 e. The van der Waals surface area contributed by atoms with Crippen LogP contribution in [0, 0.1) is 6.92 Å². The third-order valence-corrected chi connectivity index (χ3v) is 3.22. The first-order valence-electron chi connectivity index (χ1n) is 5.18. The van der Waals surface area contributed by atoms with Crippen molar-refractivity contribution >= 4 is 21.8 Å². The minimum atomic E-state index is -2.63. The predicted molar refractivity (Wildman–Crippen MR) is 62.1 cm³/mol. The van der Waals surface area contributed by atoms with Gasteiger partial charge in [-0.25, -0.2) is 13.8 Å². The molecule has 0 saturated heterocycles. The molecule has 0 atom stereocenters. The van der Waals surface area contributed by atoms with Crippen LogP contribution in [0.25, 0.3) is 0 Å². The molecule has 17 heavy (non-hydrogen) atoms. The number of carbonyl (C=O) groups excluding carboxylic acids is 1. The predicted octanol–water partition coefficient (Wildman–Crippen LogP) is 2.68. The number of aryl methyl sites for hydroxylation is 1. The highest BCUT2D eigenvalue weighted by Crippen LogP contribution is 2.37. The SMILES string of the molecule is Cc1cnc(C(=O)NC2CC(F)(F)C2)c(Br)c1. The van der Waals surface area contributed by atoms with E-state index in [9.17, 15) is 13.6 Å². The molecule has 1 N–H and O–H groups in total. The first kappa shape index (κ1) is 12.4. The summed E-state index contributed by atoms with van der Waals surface area (Å²) >= 11 is 3.23. The van der Waals surface area contributed by atoms with Crippen LogP contribution in [0.1, 0.15) is 28.9 Å². The number of nitrogens with zero attached hydrogens (tertiary/aromatic N) is 1. The van der Waals surface area contributed by atoms with Crippen LogP contribution < -0.4 is 5.32 Å². The maximum atomic E-state index is 12.6. The van der Waals surface area contributed by atoms with Crippen LogP contribution in [0.2, 0.25) is 0 Å². The summed E-state index contributed by atoms with van der Waals surface area (Å²) in [5.74, 6) is -3.05. The van der Waals surface area contributed by atoms with Gasteiger partial charge in [-0.3, -0.25) is 4.79 Å². The Morgan fingerprint density at radius 2 is 2.24 bits per heavy atom. The lowest BCUT2D eigenvalue weighted by molar-refractivity contribution is -0.0901. The molecule has 1 aliphatic rings. The van der Waals surface area contributed by atoms with E-state index in [1.165, 1.54) is 0 Å². The number of carbonyl (C=O) groups is 1. The third kappa shape index (κ3) is 2.80. The van der Waals surface area contributed by atoms with Gasteiger partial charge < -0.3 is 5.32 Å². The quantitative estimate of drug-likeness (QED) is 0.913. The summed E-state index contributed by atoms with van der Waals surface area (Å²) in [7, 11) is 0. The van der Waals surface area contributed by atoms with Crippen molar-refractivity contribution in [2.45, 2.75) is 31.7 Å². The monoisotopic (exact) mass is 304 g/mol. The van der Waals surface area contributed by atoms with Gasteiger partial charge in [-0.2, -0.15) is 0 Å². The molecule has 1 aromatic heterocycles. The maximum absolute atomic E-state index is 12.6. The molecule has 0 radical (unpaired) electrons. The van der Waals surface area contributed by atoms with E-state index in [0.29, 0.717) is 4.47 Å². The van der Waals surface area contributed by atoms with Crippen LogP contribution in [0.15, 0.2) is 16.7 Å². The van der Waals surface area contributed by atoms with Crippen LogP contribution >= 0.6 is 15.9 Å². The number of rotatable bonds is 2. The van der Waals surface area contributed by atoms with Gasteiger partial charge in [0.1, 0.15) is 5.69 Å². The number of aromatic nitrogens is 1. The zero-order valence-electron chi connectivity index (χ0n) is 9.14. The summed E-state index contributed by atoms with van der Waals surface area (Å²) in [4.78, 5) is 15.7. The lowest BCUT2D eigenvalue weighted by Gasteiger charge is -2.35. The van der Waals surface area contributed by atoms with Gasteiger partial charge in [0, 0.05) is 29.6 Å². The Bertz CT molecular complexity index is 457. The van der Waals surface area contributed by atoms with Gasteiger partial charge in [0.05, 0.1) is 0 Å². The summed E-state index contributed by atoms with van der Waals surface area (Å²) in [5, 5.41) is 2.54. The van der Waals surface area contributed by atoms with Crippen molar-refractivity contribution in [2.24, 2.45) is 0 Å².